The Balaban J connectivity index is 1.78. The summed E-state index contributed by atoms with van der Waals surface area (Å²) in [6, 6.07) is 15.4. The highest BCUT2D eigenvalue weighted by Gasteiger charge is 2.02. The molecule has 84 valence electrons. The van der Waals surface area contributed by atoms with Gasteiger partial charge in [-0.2, -0.15) is 0 Å². The molecule has 0 aliphatic heterocycles. The average molecular weight is 231 g/mol. The maximum Gasteiger partial charge on any atom is 0.0302 e. The van der Waals surface area contributed by atoms with Crippen molar-refractivity contribution in [2.75, 3.05) is 0 Å². The highest BCUT2D eigenvalue weighted by Crippen LogP contribution is 2.09. The Morgan fingerprint density at radius 1 is 1.12 bits per heavy atom. The molecule has 0 aliphatic carbocycles. The van der Waals surface area contributed by atoms with E-state index in [2.05, 4.69) is 60.1 Å². The van der Waals surface area contributed by atoms with Crippen molar-refractivity contribution in [3.8, 4) is 0 Å². The summed E-state index contributed by atoms with van der Waals surface area (Å²) in [6.45, 7) is 3.21. The lowest BCUT2D eigenvalue weighted by atomic mass is 10.1. The molecule has 1 aromatic heterocycles. The second-order valence-corrected chi connectivity index (χ2v) is 5.08. The van der Waals surface area contributed by atoms with Crippen molar-refractivity contribution in [1.29, 1.82) is 0 Å². The molecule has 1 N–H and O–H groups in total. The van der Waals surface area contributed by atoms with Crippen LogP contribution < -0.4 is 5.32 Å². The van der Waals surface area contributed by atoms with E-state index in [1.165, 1.54) is 10.4 Å². The van der Waals surface area contributed by atoms with Gasteiger partial charge in [0.1, 0.15) is 0 Å². The van der Waals surface area contributed by atoms with Crippen LogP contribution in [0.5, 0.6) is 0 Å². The van der Waals surface area contributed by atoms with Gasteiger partial charge in [-0.15, -0.1) is 11.3 Å². The van der Waals surface area contributed by atoms with Gasteiger partial charge < -0.3 is 5.32 Å². The first-order valence-corrected chi connectivity index (χ1v) is 6.52. The molecule has 1 atom stereocenters. The predicted octanol–water partition coefficient (Wildman–Crippen LogP) is 3.47. The summed E-state index contributed by atoms with van der Waals surface area (Å²) in [4.78, 5) is 1.40. The van der Waals surface area contributed by atoms with Crippen LogP contribution in [0.1, 0.15) is 17.4 Å². The van der Waals surface area contributed by atoms with Crippen molar-refractivity contribution in [2.24, 2.45) is 0 Å². The number of nitrogens with one attached hydrogen (secondary N) is 1. The van der Waals surface area contributed by atoms with Gasteiger partial charge in [-0.1, -0.05) is 36.4 Å². The van der Waals surface area contributed by atoms with Gasteiger partial charge in [-0.25, -0.2) is 0 Å². The van der Waals surface area contributed by atoms with Crippen LogP contribution in [-0.2, 0) is 13.0 Å². The normalized spacial score (nSPS) is 12.6. The summed E-state index contributed by atoms with van der Waals surface area (Å²) in [5.74, 6) is 0. The number of thiophene rings is 1. The largest absolute Gasteiger partial charge is 0.309 e. The van der Waals surface area contributed by atoms with Gasteiger partial charge in [0.25, 0.3) is 0 Å². The zero-order chi connectivity index (χ0) is 11.2. The van der Waals surface area contributed by atoms with E-state index in [9.17, 15) is 0 Å². The summed E-state index contributed by atoms with van der Waals surface area (Å²) < 4.78 is 0. The molecular weight excluding hydrogens is 214 g/mol. The van der Waals surface area contributed by atoms with E-state index in [-0.39, 0.29) is 0 Å². The van der Waals surface area contributed by atoms with Crippen molar-refractivity contribution in [1.82, 2.24) is 5.32 Å². The van der Waals surface area contributed by atoms with Crippen LogP contribution in [0.2, 0.25) is 0 Å². The van der Waals surface area contributed by atoms with Crippen LogP contribution in [0.15, 0.2) is 47.8 Å². The number of hydrogen-bond donors (Lipinski definition) is 1. The zero-order valence-electron chi connectivity index (χ0n) is 9.52. The Hall–Kier alpha value is -1.12. The number of rotatable bonds is 5. The Kier molecular flexibility index (Phi) is 4.14. The van der Waals surface area contributed by atoms with Crippen LogP contribution in [0.4, 0.5) is 0 Å². The molecule has 0 saturated heterocycles. The third kappa shape index (κ3) is 3.47. The Labute approximate surface area is 101 Å². The molecular formula is C14H17NS. The monoisotopic (exact) mass is 231 g/mol. The van der Waals surface area contributed by atoms with Gasteiger partial charge in [0.2, 0.25) is 0 Å². The molecule has 1 aromatic carbocycles. The maximum absolute atomic E-state index is 3.54. The first-order chi connectivity index (χ1) is 7.84. The van der Waals surface area contributed by atoms with Crippen LogP contribution in [0.25, 0.3) is 0 Å². The van der Waals surface area contributed by atoms with E-state index in [1.807, 2.05) is 11.3 Å². The summed E-state index contributed by atoms with van der Waals surface area (Å²) >= 11 is 1.81. The third-order valence-electron chi connectivity index (χ3n) is 2.59. The topological polar surface area (TPSA) is 12.0 Å². The first kappa shape index (κ1) is 11.4. The van der Waals surface area contributed by atoms with E-state index >= 15 is 0 Å². The lowest BCUT2D eigenvalue weighted by Crippen LogP contribution is -2.27. The van der Waals surface area contributed by atoms with Crippen molar-refractivity contribution in [3.63, 3.8) is 0 Å². The second-order valence-electron chi connectivity index (χ2n) is 4.05. The summed E-state index contributed by atoms with van der Waals surface area (Å²) in [5, 5.41) is 5.67. The fourth-order valence-corrected chi connectivity index (χ4v) is 2.38. The molecule has 0 spiro atoms. The van der Waals surface area contributed by atoms with Crippen LogP contribution in [-0.4, -0.2) is 6.04 Å². The zero-order valence-corrected chi connectivity index (χ0v) is 10.3. The van der Waals surface area contributed by atoms with Crippen molar-refractivity contribution < 1.29 is 0 Å². The lowest BCUT2D eigenvalue weighted by molar-refractivity contribution is 0.549. The molecule has 0 fully saturated rings. The minimum atomic E-state index is 0.518. The van der Waals surface area contributed by atoms with Gasteiger partial charge in [0.05, 0.1) is 0 Å². The fraction of sp³-hybridized carbons (Fsp3) is 0.286. The van der Waals surface area contributed by atoms with E-state index in [0.717, 1.165) is 13.0 Å². The van der Waals surface area contributed by atoms with Gasteiger partial charge in [0.15, 0.2) is 0 Å². The van der Waals surface area contributed by atoms with Gasteiger partial charge in [-0.3, -0.25) is 0 Å². The molecule has 0 aliphatic rings. The maximum atomic E-state index is 3.54. The van der Waals surface area contributed by atoms with Crippen molar-refractivity contribution >= 4 is 11.3 Å². The highest BCUT2D eigenvalue weighted by molar-refractivity contribution is 7.09. The third-order valence-corrected chi connectivity index (χ3v) is 3.47. The highest BCUT2D eigenvalue weighted by atomic mass is 32.1. The summed E-state index contributed by atoms with van der Waals surface area (Å²) in [7, 11) is 0. The molecule has 2 aromatic rings. The average Bonchev–Trinajstić information content (AvgIpc) is 2.81. The molecule has 2 heteroatoms. The summed E-state index contributed by atoms with van der Waals surface area (Å²) in [6.07, 6.45) is 1.09. The Morgan fingerprint density at radius 2 is 1.94 bits per heavy atom. The van der Waals surface area contributed by atoms with Gasteiger partial charge in [-0.05, 0) is 30.4 Å². The van der Waals surface area contributed by atoms with Crippen LogP contribution in [0.3, 0.4) is 0 Å². The number of hydrogen-bond acceptors (Lipinski definition) is 2. The first-order valence-electron chi connectivity index (χ1n) is 5.64. The van der Waals surface area contributed by atoms with Crippen LogP contribution in [0, 0.1) is 0 Å². The van der Waals surface area contributed by atoms with Crippen molar-refractivity contribution in [2.45, 2.75) is 25.9 Å². The standard InChI is InChI=1S/C14H17NS/c1-12(10-13-6-3-2-4-7-13)15-11-14-8-5-9-16-14/h2-9,12,15H,10-11H2,1H3. The smallest absolute Gasteiger partial charge is 0.0302 e. The molecule has 0 bridgehead atoms. The van der Waals surface area contributed by atoms with E-state index < -0.39 is 0 Å². The number of benzene rings is 1. The molecule has 0 saturated carbocycles. The minimum Gasteiger partial charge on any atom is -0.309 e. The SMILES string of the molecule is CC(Cc1ccccc1)NCc1cccs1. The molecule has 0 radical (unpaired) electrons. The van der Waals surface area contributed by atoms with E-state index in [4.69, 9.17) is 0 Å². The molecule has 2 rings (SSSR count). The Morgan fingerprint density at radius 3 is 2.62 bits per heavy atom. The molecule has 1 nitrogen and oxygen atoms in total. The van der Waals surface area contributed by atoms with Crippen molar-refractivity contribution in [3.05, 3.63) is 58.3 Å². The molecule has 16 heavy (non-hydrogen) atoms. The second kappa shape index (κ2) is 5.83. The summed E-state index contributed by atoms with van der Waals surface area (Å²) in [5.41, 5.74) is 1.40. The minimum absolute atomic E-state index is 0.518. The molecule has 0 amide bonds. The van der Waals surface area contributed by atoms with E-state index in [0.29, 0.717) is 6.04 Å². The van der Waals surface area contributed by atoms with Crippen LogP contribution >= 0.6 is 11.3 Å². The predicted molar refractivity (Wildman–Crippen MR) is 70.8 cm³/mol. The lowest BCUT2D eigenvalue weighted by Gasteiger charge is -2.12. The quantitative estimate of drug-likeness (QED) is 0.831. The Bertz CT molecular complexity index is 394. The molecule has 1 unspecified atom stereocenters. The van der Waals surface area contributed by atoms with E-state index in [1.54, 1.807) is 0 Å². The molecule has 1 heterocycles. The van der Waals surface area contributed by atoms with Gasteiger partial charge in [0, 0.05) is 17.5 Å². The fourth-order valence-electron chi connectivity index (χ4n) is 1.73. The van der Waals surface area contributed by atoms with Gasteiger partial charge >= 0.3 is 0 Å².